The molecular formula is C32H37FN6O4. The van der Waals surface area contributed by atoms with E-state index in [4.69, 9.17) is 4.42 Å². The summed E-state index contributed by atoms with van der Waals surface area (Å²) in [6.45, 7) is 6.55. The number of hydrogen-bond donors (Lipinski definition) is 2. The van der Waals surface area contributed by atoms with E-state index in [2.05, 4.69) is 25.4 Å². The Labute approximate surface area is 250 Å². The number of anilines is 3. The second-order valence-electron chi connectivity index (χ2n) is 11.5. The lowest BCUT2D eigenvalue weighted by Crippen LogP contribution is -2.47. The van der Waals surface area contributed by atoms with Gasteiger partial charge in [0.05, 0.1) is 11.4 Å². The van der Waals surface area contributed by atoms with Gasteiger partial charge in [-0.05, 0) is 74.6 Å². The highest BCUT2D eigenvalue weighted by Crippen LogP contribution is 2.39. The van der Waals surface area contributed by atoms with Crippen LogP contribution >= 0.6 is 0 Å². The molecule has 3 heterocycles. The molecule has 0 atom stereocenters. The van der Waals surface area contributed by atoms with Crippen LogP contribution in [0.3, 0.4) is 0 Å². The number of aromatic nitrogens is 1. The van der Waals surface area contributed by atoms with Gasteiger partial charge in [0, 0.05) is 69.4 Å². The van der Waals surface area contributed by atoms with Crippen LogP contribution in [-0.4, -0.2) is 73.4 Å². The molecule has 2 aromatic carbocycles. The quantitative estimate of drug-likeness (QED) is 0.340. The number of nitrogens with one attached hydrogen (secondary N) is 2. The first-order valence-electron chi connectivity index (χ1n) is 15.1. The Morgan fingerprint density at radius 2 is 1.74 bits per heavy atom. The molecule has 1 saturated carbocycles. The van der Waals surface area contributed by atoms with Crippen LogP contribution in [0.2, 0.25) is 0 Å². The summed E-state index contributed by atoms with van der Waals surface area (Å²) in [5, 5.41) is 5.92. The lowest BCUT2D eigenvalue weighted by molar-refractivity contribution is -0.127. The van der Waals surface area contributed by atoms with E-state index in [1.807, 2.05) is 24.0 Å². The summed E-state index contributed by atoms with van der Waals surface area (Å²) < 4.78 is 19.2. The third-order valence-electron chi connectivity index (χ3n) is 8.37. The SMILES string of the molecule is Cc1cc(F)ccc1N1CCN(c2ccc(C(=O)NCCCN3CCCC3=O)cc2NC(=O)c2coc(C3CC3)n2)CC1. The van der Waals surface area contributed by atoms with Crippen molar-refractivity contribution >= 4 is 34.8 Å². The van der Waals surface area contributed by atoms with Crippen molar-refractivity contribution in [3.63, 3.8) is 0 Å². The first kappa shape index (κ1) is 28.7. The summed E-state index contributed by atoms with van der Waals surface area (Å²) in [6, 6.07) is 10.2. The second-order valence-corrected chi connectivity index (χ2v) is 11.5. The average Bonchev–Trinajstić information content (AvgIpc) is 3.58. The zero-order valence-corrected chi connectivity index (χ0v) is 24.4. The molecule has 3 aromatic rings. The highest BCUT2D eigenvalue weighted by Gasteiger charge is 2.30. The van der Waals surface area contributed by atoms with Crippen LogP contribution in [0.5, 0.6) is 0 Å². The Bertz CT molecular complexity index is 1510. The van der Waals surface area contributed by atoms with Crippen molar-refractivity contribution in [3.8, 4) is 0 Å². The number of hydrogen-bond acceptors (Lipinski definition) is 7. The number of carbonyl (C=O) groups excluding carboxylic acids is 3. The first-order chi connectivity index (χ1) is 20.9. The molecule has 1 aliphatic carbocycles. The third-order valence-corrected chi connectivity index (χ3v) is 8.37. The van der Waals surface area contributed by atoms with Gasteiger partial charge in [0.1, 0.15) is 12.1 Å². The fourth-order valence-electron chi connectivity index (χ4n) is 5.83. The number of nitrogens with zero attached hydrogens (tertiary/aromatic N) is 4. The summed E-state index contributed by atoms with van der Waals surface area (Å²) in [6.07, 6.45) is 5.58. The highest BCUT2D eigenvalue weighted by molar-refractivity contribution is 6.06. The first-order valence-corrected chi connectivity index (χ1v) is 15.1. The molecule has 11 heteroatoms. The van der Waals surface area contributed by atoms with Gasteiger partial charge in [-0.1, -0.05) is 0 Å². The maximum absolute atomic E-state index is 13.7. The Balaban J connectivity index is 1.15. The molecule has 0 spiro atoms. The monoisotopic (exact) mass is 588 g/mol. The predicted molar refractivity (Wildman–Crippen MR) is 161 cm³/mol. The molecule has 3 amide bonds. The van der Waals surface area contributed by atoms with Gasteiger partial charge in [0.15, 0.2) is 11.6 Å². The van der Waals surface area contributed by atoms with Gasteiger partial charge < -0.3 is 29.8 Å². The van der Waals surface area contributed by atoms with E-state index in [1.165, 1.54) is 12.3 Å². The zero-order chi connectivity index (χ0) is 29.9. The number of halogens is 1. The number of oxazole rings is 1. The molecule has 0 radical (unpaired) electrons. The van der Waals surface area contributed by atoms with E-state index < -0.39 is 5.91 Å². The number of piperazine rings is 1. The topological polar surface area (TPSA) is 111 Å². The number of benzene rings is 2. The van der Waals surface area contributed by atoms with E-state index in [9.17, 15) is 18.8 Å². The molecule has 2 N–H and O–H groups in total. The number of amides is 3. The largest absolute Gasteiger partial charge is 0.448 e. The molecule has 10 nitrogen and oxygen atoms in total. The van der Waals surface area contributed by atoms with Crippen molar-refractivity contribution in [2.75, 3.05) is 60.9 Å². The summed E-state index contributed by atoms with van der Waals surface area (Å²) in [5.74, 6) is 0.152. The van der Waals surface area contributed by atoms with Gasteiger partial charge >= 0.3 is 0 Å². The van der Waals surface area contributed by atoms with Crippen molar-refractivity contribution in [2.45, 2.75) is 44.9 Å². The van der Waals surface area contributed by atoms with Gasteiger partial charge in [0.25, 0.3) is 11.8 Å². The average molecular weight is 589 g/mol. The molecule has 3 fully saturated rings. The fraction of sp³-hybridized carbons (Fsp3) is 0.438. The normalized spacial score (nSPS) is 17.0. The minimum absolute atomic E-state index is 0.173. The number of likely N-dealkylation sites (tertiary alicyclic amines) is 1. The minimum atomic E-state index is -0.398. The van der Waals surface area contributed by atoms with Crippen LogP contribution in [0.25, 0.3) is 0 Å². The van der Waals surface area contributed by atoms with E-state index >= 15 is 0 Å². The highest BCUT2D eigenvalue weighted by atomic mass is 19.1. The second kappa shape index (κ2) is 12.4. The maximum atomic E-state index is 13.7. The Morgan fingerprint density at radius 1 is 1.00 bits per heavy atom. The van der Waals surface area contributed by atoms with Crippen LogP contribution in [0.4, 0.5) is 21.5 Å². The van der Waals surface area contributed by atoms with Crippen molar-refractivity contribution in [3.05, 3.63) is 71.2 Å². The van der Waals surface area contributed by atoms with Crippen molar-refractivity contribution in [1.29, 1.82) is 0 Å². The smallest absolute Gasteiger partial charge is 0.277 e. The van der Waals surface area contributed by atoms with Crippen molar-refractivity contribution < 1.29 is 23.2 Å². The van der Waals surface area contributed by atoms with Crippen LogP contribution in [-0.2, 0) is 4.79 Å². The van der Waals surface area contributed by atoms with Gasteiger partial charge in [-0.2, -0.15) is 0 Å². The molecule has 0 unspecified atom stereocenters. The molecule has 43 heavy (non-hydrogen) atoms. The molecule has 6 rings (SSSR count). The standard InChI is InChI=1S/C32H37FN6O4/c1-21-18-24(33)8-10-27(21)37-14-16-38(17-15-37)28-9-7-23(30(41)34-11-3-13-39-12-2-4-29(39)40)19-25(28)35-31(42)26-20-43-32(36-26)22-5-6-22/h7-10,18-20,22H,2-6,11-17H2,1H3,(H,34,41)(H,35,42). The Hall–Kier alpha value is -4.41. The molecule has 3 aliphatic rings. The van der Waals surface area contributed by atoms with E-state index in [0.717, 1.165) is 55.8 Å². The third kappa shape index (κ3) is 6.65. The van der Waals surface area contributed by atoms with Crippen LogP contribution in [0.15, 0.2) is 47.1 Å². The molecule has 2 aliphatic heterocycles. The van der Waals surface area contributed by atoms with Gasteiger partial charge in [-0.3, -0.25) is 14.4 Å². The number of rotatable bonds is 10. The van der Waals surface area contributed by atoms with E-state index in [0.29, 0.717) is 56.2 Å². The molecule has 2 saturated heterocycles. The summed E-state index contributed by atoms with van der Waals surface area (Å²) in [7, 11) is 0. The van der Waals surface area contributed by atoms with Gasteiger partial charge in [-0.25, -0.2) is 9.37 Å². The summed E-state index contributed by atoms with van der Waals surface area (Å²) in [4.78, 5) is 48.8. The summed E-state index contributed by atoms with van der Waals surface area (Å²) >= 11 is 0. The number of carbonyl (C=O) groups is 3. The zero-order valence-electron chi connectivity index (χ0n) is 24.4. The van der Waals surface area contributed by atoms with Gasteiger partial charge in [-0.15, -0.1) is 0 Å². The van der Waals surface area contributed by atoms with Crippen molar-refractivity contribution in [2.24, 2.45) is 0 Å². The van der Waals surface area contributed by atoms with E-state index in [-0.39, 0.29) is 29.2 Å². The fourth-order valence-corrected chi connectivity index (χ4v) is 5.83. The van der Waals surface area contributed by atoms with Crippen LogP contribution in [0, 0.1) is 12.7 Å². The predicted octanol–water partition coefficient (Wildman–Crippen LogP) is 4.32. The minimum Gasteiger partial charge on any atom is -0.448 e. The number of aryl methyl sites for hydroxylation is 1. The lowest BCUT2D eigenvalue weighted by Gasteiger charge is -2.38. The Morgan fingerprint density at radius 3 is 2.44 bits per heavy atom. The molecule has 0 bridgehead atoms. The molecule has 1 aromatic heterocycles. The van der Waals surface area contributed by atoms with Crippen molar-refractivity contribution in [1.82, 2.24) is 15.2 Å². The molecular weight excluding hydrogens is 551 g/mol. The Kier molecular flexibility index (Phi) is 8.31. The lowest BCUT2D eigenvalue weighted by atomic mass is 10.1. The van der Waals surface area contributed by atoms with E-state index in [1.54, 1.807) is 18.2 Å². The van der Waals surface area contributed by atoms with Crippen LogP contribution < -0.4 is 20.4 Å². The van der Waals surface area contributed by atoms with Gasteiger partial charge in [0.2, 0.25) is 5.91 Å². The summed E-state index contributed by atoms with van der Waals surface area (Å²) in [5.41, 5.74) is 3.85. The maximum Gasteiger partial charge on any atom is 0.277 e. The van der Waals surface area contributed by atoms with Crippen LogP contribution in [0.1, 0.15) is 70.3 Å². The molecule has 226 valence electrons.